The van der Waals surface area contributed by atoms with Gasteiger partial charge in [-0.2, -0.15) is 5.26 Å². The number of aliphatic hydroxyl groups is 1. The molecule has 2 nitrogen and oxygen atoms in total. The first kappa shape index (κ1) is 11.2. The van der Waals surface area contributed by atoms with Crippen LogP contribution in [-0.2, 0) is 12.8 Å². The van der Waals surface area contributed by atoms with Crippen molar-refractivity contribution in [1.29, 1.82) is 5.26 Å². The molecule has 0 fully saturated rings. The number of nitrogens with zero attached hydrogens (tertiary/aromatic N) is 1. The molecule has 1 aliphatic carbocycles. The highest BCUT2D eigenvalue weighted by molar-refractivity contribution is 5.34. The Morgan fingerprint density at radius 1 is 1.31 bits per heavy atom. The number of nitriles is 1. The third-order valence-electron chi connectivity index (χ3n) is 3.82. The second-order valence-corrected chi connectivity index (χ2v) is 5.20. The molecule has 2 heteroatoms. The van der Waals surface area contributed by atoms with Gasteiger partial charge >= 0.3 is 0 Å². The van der Waals surface area contributed by atoms with E-state index >= 15 is 0 Å². The van der Waals surface area contributed by atoms with Gasteiger partial charge in [0.05, 0.1) is 17.1 Å². The summed E-state index contributed by atoms with van der Waals surface area (Å²) in [5, 5.41) is 19.6. The Kier molecular flexibility index (Phi) is 2.52. The number of rotatable bonds is 1. The first-order chi connectivity index (χ1) is 7.48. The summed E-state index contributed by atoms with van der Waals surface area (Å²) in [6.45, 7) is 3.48. The monoisotopic (exact) mass is 215 g/mol. The number of fused-ring (bicyclic) bond motifs is 1. The lowest BCUT2D eigenvalue weighted by Gasteiger charge is -2.41. The van der Waals surface area contributed by atoms with Gasteiger partial charge in [-0.3, -0.25) is 0 Å². The van der Waals surface area contributed by atoms with Crippen LogP contribution in [0.2, 0.25) is 0 Å². The Morgan fingerprint density at radius 3 is 2.50 bits per heavy atom. The van der Waals surface area contributed by atoms with E-state index in [2.05, 4.69) is 18.2 Å². The van der Waals surface area contributed by atoms with Gasteiger partial charge < -0.3 is 5.11 Å². The van der Waals surface area contributed by atoms with Crippen LogP contribution in [0.3, 0.4) is 0 Å². The molecule has 0 aliphatic heterocycles. The zero-order valence-electron chi connectivity index (χ0n) is 9.83. The summed E-state index contributed by atoms with van der Waals surface area (Å²) in [4.78, 5) is 0. The highest BCUT2D eigenvalue weighted by Gasteiger charge is 2.46. The summed E-state index contributed by atoms with van der Waals surface area (Å²) in [5.41, 5.74) is 0.937. The predicted molar refractivity (Wildman–Crippen MR) is 62.8 cm³/mol. The normalized spacial score (nSPS) is 24.6. The fourth-order valence-electron chi connectivity index (χ4n) is 2.49. The Hall–Kier alpha value is -1.33. The van der Waals surface area contributed by atoms with E-state index in [1.165, 1.54) is 11.1 Å². The van der Waals surface area contributed by atoms with Gasteiger partial charge in [0.15, 0.2) is 0 Å². The van der Waals surface area contributed by atoms with Crippen LogP contribution in [0.5, 0.6) is 0 Å². The van der Waals surface area contributed by atoms with Crippen molar-refractivity contribution in [3.63, 3.8) is 0 Å². The van der Waals surface area contributed by atoms with E-state index in [0.717, 1.165) is 12.8 Å². The Morgan fingerprint density at radius 2 is 1.94 bits per heavy atom. The molecule has 1 atom stereocenters. The summed E-state index contributed by atoms with van der Waals surface area (Å²) in [6, 6.07) is 10.5. The summed E-state index contributed by atoms with van der Waals surface area (Å²) >= 11 is 0. The lowest BCUT2D eigenvalue weighted by molar-refractivity contribution is -0.0300. The molecule has 0 bridgehead atoms. The van der Waals surface area contributed by atoms with Crippen molar-refractivity contribution >= 4 is 0 Å². The first-order valence-electron chi connectivity index (χ1n) is 5.69. The van der Waals surface area contributed by atoms with Crippen molar-refractivity contribution in [3.8, 4) is 6.07 Å². The largest absolute Gasteiger partial charge is 0.389 e. The molecule has 0 aromatic heterocycles. The van der Waals surface area contributed by atoms with Crippen molar-refractivity contribution < 1.29 is 5.11 Å². The lowest BCUT2D eigenvalue weighted by atomic mass is 9.64. The third kappa shape index (κ3) is 1.62. The van der Waals surface area contributed by atoms with Gasteiger partial charge in [0.1, 0.15) is 0 Å². The minimum Gasteiger partial charge on any atom is -0.389 e. The van der Waals surface area contributed by atoms with Gasteiger partial charge in [-0.15, -0.1) is 0 Å². The van der Waals surface area contributed by atoms with Crippen LogP contribution in [0.15, 0.2) is 24.3 Å². The summed E-state index contributed by atoms with van der Waals surface area (Å²) in [7, 11) is 0. The van der Waals surface area contributed by atoms with Crippen molar-refractivity contribution in [2.45, 2.75) is 38.7 Å². The van der Waals surface area contributed by atoms with E-state index in [4.69, 9.17) is 0 Å². The number of aryl methyl sites for hydroxylation is 1. The predicted octanol–water partition coefficient (Wildman–Crippen LogP) is 2.46. The maximum atomic E-state index is 10.2. The van der Waals surface area contributed by atoms with E-state index in [1.807, 2.05) is 12.1 Å². The molecular weight excluding hydrogens is 198 g/mol. The van der Waals surface area contributed by atoms with Gasteiger partial charge in [-0.1, -0.05) is 24.3 Å². The Balaban J connectivity index is 2.41. The molecule has 0 saturated carbocycles. The Bertz CT molecular complexity index is 439. The SMILES string of the molecule is CC(C)(O)C1(C#N)CCc2ccccc2C1. The summed E-state index contributed by atoms with van der Waals surface area (Å²) in [5.74, 6) is 0. The molecule has 1 N–H and O–H groups in total. The lowest BCUT2D eigenvalue weighted by Crippen LogP contribution is -2.46. The molecule has 0 spiro atoms. The average Bonchev–Trinajstić information content (AvgIpc) is 2.27. The third-order valence-corrected chi connectivity index (χ3v) is 3.82. The van der Waals surface area contributed by atoms with E-state index in [-0.39, 0.29) is 0 Å². The minimum atomic E-state index is -0.949. The summed E-state index contributed by atoms with van der Waals surface area (Å²) in [6.07, 6.45) is 2.28. The van der Waals surface area contributed by atoms with Gasteiger partial charge in [0, 0.05) is 0 Å². The van der Waals surface area contributed by atoms with Crippen LogP contribution in [0.4, 0.5) is 0 Å². The van der Waals surface area contributed by atoms with E-state index in [9.17, 15) is 10.4 Å². The molecule has 2 rings (SSSR count). The number of benzene rings is 1. The Labute approximate surface area is 96.5 Å². The van der Waals surface area contributed by atoms with E-state index in [0.29, 0.717) is 6.42 Å². The minimum absolute atomic E-state index is 0.638. The maximum Gasteiger partial charge on any atom is 0.0898 e. The number of hydrogen-bond donors (Lipinski definition) is 1. The maximum absolute atomic E-state index is 10.2. The topological polar surface area (TPSA) is 44.0 Å². The van der Waals surface area contributed by atoms with Gasteiger partial charge in [-0.25, -0.2) is 0 Å². The van der Waals surface area contributed by atoms with Crippen molar-refractivity contribution in [3.05, 3.63) is 35.4 Å². The zero-order chi connectivity index (χ0) is 11.8. The fraction of sp³-hybridized carbons (Fsp3) is 0.500. The molecule has 0 saturated heterocycles. The van der Waals surface area contributed by atoms with Crippen LogP contribution in [0.25, 0.3) is 0 Å². The van der Waals surface area contributed by atoms with E-state index < -0.39 is 11.0 Å². The fourth-order valence-corrected chi connectivity index (χ4v) is 2.49. The molecule has 1 aromatic carbocycles. The van der Waals surface area contributed by atoms with Gasteiger partial charge in [0.25, 0.3) is 0 Å². The zero-order valence-corrected chi connectivity index (χ0v) is 9.83. The molecule has 0 radical (unpaired) electrons. The summed E-state index contributed by atoms with van der Waals surface area (Å²) < 4.78 is 0. The van der Waals surface area contributed by atoms with Crippen LogP contribution in [0, 0.1) is 16.7 Å². The first-order valence-corrected chi connectivity index (χ1v) is 5.69. The van der Waals surface area contributed by atoms with Crippen LogP contribution in [-0.4, -0.2) is 10.7 Å². The molecule has 16 heavy (non-hydrogen) atoms. The van der Waals surface area contributed by atoms with E-state index in [1.54, 1.807) is 13.8 Å². The average molecular weight is 215 g/mol. The van der Waals surface area contributed by atoms with Gasteiger partial charge in [0.2, 0.25) is 0 Å². The van der Waals surface area contributed by atoms with Crippen molar-refractivity contribution in [2.24, 2.45) is 5.41 Å². The molecule has 1 aromatic rings. The number of hydrogen-bond acceptors (Lipinski definition) is 2. The van der Waals surface area contributed by atoms with Crippen LogP contribution < -0.4 is 0 Å². The molecule has 84 valence electrons. The van der Waals surface area contributed by atoms with Crippen molar-refractivity contribution in [1.82, 2.24) is 0 Å². The molecule has 0 heterocycles. The smallest absolute Gasteiger partial charge is 0.0898 e. The standard InChI is InChI=1S/C14H17NO/c1-13(2,16)14(10-15)8-7-11-5-3-4-6-12(11)9-14/h3-6,16H,7-9H2,1-2H3. The van der Waals surface area contributed by atoms with Crippen LogP contribution in [0.1, 0.15) is 31.4 Å². The highest BCUT2D eigenvalue weighted by atomic mass is 16.3. The van der Waals surface area contributed by atoms with Crippen LogP contribution >= 0.6 is 0 Å². The highest BCUT2D eigenvalue weighted by Crippen LogP contribution is 2.42. The molecule has 0 amide bonds. The molecule has 1 aliphatic rings. The van der Waals surface area contributed by atoms with Crippen molar-refractivity contribution in [2.75, 3.05) is 0 Å². The second kappa shape index (κ2) is 3.61. The van der Waals surface area contributed by atoms with Gasteiger partial charge in [-0.05, 0) is 44.2 Å². The molecule has 1 unspecified atom stereocenters. The molecular formula is C14H17NO. The second-order valence-electron chi connectivity index (χ2n) is 5.20. The quantitative estimate of drug-likeness (QED) is 0.782.